The lowest BCUT2D eigenvalue weighted by Gasteiger charge is -2.41. The van der Waals surface area contributed by atoms with Crippen molar-refractivity contribution in [3.05, 3.63) is 83.4 Å². The van der Waals surface area contributed by atoms with Crippen molar-refractivity contribution in [2.45, 2.75) is 90.6 Å². The number of piperidine rings is 1. The largest absolute Gasteiger partial charge is 0.484 e. The van der Waals surface area contributed by atoms with Gasteiger partial charge in [-0.25, -0.2) is 9.00 Å². The number of fused-ring (bicyclic) bond motifs is 1. The molecular formula is C36H50N10O4S. The van der Waals surface area contributed by atoms with Gasteiger partial charge in [0.1, 0.15) is 23.2 Å². The van der Waals surface area contributed by atoms with Crippen LogP contribution in [0.1, 0.15) is 83.1 Å². The van der Waals surface area contributed by atoms with Gasteiger partial charge < -0.3 is 25.7 Å². The number of nitrogens with one attached hydrogen (secondary N) is 6. The molecule has 51 heavy (non-hydrogen) atoms. The van der Waals surface area contributed by atoms with Crippen LogP contribution in [-0.2, 0) is 21.8 Å². The minimum Gasteiger partial charge on any atom is -0.484 e. The van der Waals surface area contributed by atoms with Crippen molar-refractivity contribution in [1.29, 1.82) is 16.2 Å². The number of allylic oxidation sites excluding steroid dienone is 1. The van der Waals surface area contributed by atoms with Crippen molar-refractivity contribution in [2.75, 3.05) is 18.2 Å². The number of benzene rings is 1. The molecule has 0 bridgehead atoms. The van der Waals surface area contributed by atoms with Crippen LogP contribution in [0.5, 0.6) is 5.75 Å². The lowest BCUT2D eigenvalue weighted by Crippen LogP contribution is -2.51. The molecule has 2 aromatic heterocycles. The Morgan fingerprint density at radius 2 is 1.78 bits per heavy atom. The van der Waals surface area contributed by atoms with Gasteiger partial charge in [0.25, 0.3) is 0 Å². The summed E-state index contributed by atoms with van der Waals surface area (Å²) in [4.78, 5) is 15.5. The maximum absolute atomic E-state index is 13.4. The summed E-state index contributed by atoms with van der Waals surface area (Å²) in [5, 5.41) is 39.5. The zero-order valence-corrected chi connectivity index (χ0v) is 30.8. The van der Waals surface area contributed by atoms with Gasteiger partial charge in [-0.05, 0) is 75.1 Å². The third-order valence-corrected chi connectivity index (χ3v) is 9.75. The van der Waals surface area contributed by atoms with Crippen molar-refractivity contribution in [3.63, 3.8) is 0 Å². The van der Waals surface area contributed by atoms with Crippen LogP contribution in [0.4, 0.5) is 10.6 Å². The molecular weight excluding hydrogens is 669 g/mol. The molecule has 0 spiro atoms. The molecule has 1 aliphatic carbocycles. The third-order valence-electron chi connectivity index (χ3n) is 9.25. The summed E-state index contributed by atoms with van der Waals surface area (Å²) in [6.07, 6.45) is 10.7. The molecule has 274 valence electrons. The smallest absolute Gasteiger partial charge is 0.320 e. The van der Waals surface area contributed by atoms with E-state index < -0.39 is 17.1 Å². The van der Waals surface area contributed by atoms with Crippen LogP contribution in [0, 0.1) is 22.1 Å². The molecule has 2 aliphatic rings. The second-order valence-electron chi connectivity index (χ2n) is 13.4. The van der Waals surface area contributed by atoms with E-state index in [1.54, 1.807) is 45.9 Å². The number of pyridine rings is 1. The minimum absolute atomic E-state index is 0.0623. The number of ether oxygens (including phenoxy) is 1. The monoisotopic (exact) mass is 718 g/mol. The fourth-order valence-electron chi connectivity index (χ4n) is 6.56. The lowest BCUT2D eigenvalue weighted by molar-refractivity contribution is 0.169. The summed E-state index contributed by atoms with van der Waals surface area (Å²) < 4.78 is 26.1. The fourth-order valence-corrected chi connectivity index (χ4v) is 6.87. The molecule has 1 aliphatic heterocycles. The van der Waals surface area contributed by atoms with E-state index in [0.717, 1.165) is 30.4 Å². The van der Waals surface area contributed by atoms with E-state index >= 15 is 0 Å². The van der Waals surface area contributed by atoms with E-state index in [-0.39, 0.29) is 48.2 Å². The summed E-state index contributed by atoms with van der Waals surface area (Å²) in [5.74, 6) is 1.56. The standard InChI is InChI=1S/C36H50N10O4S/c1-23(2)29(37)21-34(41-33-17-18-44(43-33)19-20-49-51(5)48)42-36(47)40-30-14-15-31(28-12-7-6-11-27(28)30)50-26-13-16-32(38)45(22-26)35(39)46-24(3)9-8-10-25(46)4/h6-7,11-13,16-18,21-25,30-31,37-39H,8-10,14-15,19-20H2,1-5H3,(H,41,43)(H2,40,42,47)/b34-21+,37-29?,38-32?,39-35?/t24?,25?,30?,31-,51?/m1/s1. The first-order valence-electron chi connectivity index (χ1n) is 17.4. The zero-order valence-electron chi connectivity index (χ0n) is 29.9. The van der Waals surface area contributed by atoms with Gasteiger partial charge in [-0.1, -0.05) is 38.1 Å². The summed E-state index contributed by atoms with van der Waals surface area (Å²) >= 11 is -1.36. The molecule has 4 unspecified atom stereocenters. The predicted octanol–water partition coefficient (Wildman–Crippen LogP) is 5.40. The Bertz CT molecular complexity index is 1830. The van der Waals surface area contributed by atoms with Gasteiger partial charge in [0.05, 0.1) is 25.4 Å². The molecule has 15 heteroatoms. The molecule has 1 saturated heterocycles. The summed E-state index contributed by atoms with van der Waals surface area (Å²) in [6, 6.07) is 12.8. The second-order valence-corrected chi connectivity index (χ2v) is 14.5. The highest BCUT2D eigenvalue weighted by atomic mass is 32.2. The number of aromatic nitrogens is 3. The number of anilines is 1. The van der Waals surface area contributed by atoms with Crippen LogP contribution < -0.4 is 26.2 Å². The van der Waals surface area contributed by atoms with Gasteiger partial charge in [0.15, 0.2) is 16.9 Å². The van der Waals surface area contributed by atoms with E-state index in [4.69, 9.17) is 25.1 Å². The Balaban J connectivity index is 1.27. The SMILES string of the molecule is CC(C)C(=N)/C=C(/NC(=O)NC1CC[C@@H](Oc2ccc(=N)n(C(=N)N3C(C)CCCC3C)c2)c2ccccc21)Nc1ccn(CCOS(C)=O)n1. The first kappa shape index (κ1) is 37.5. The highest BCUT2D eigenvalue weighted by Crippen LogP contribution is 2.38. The van der Waals surface area contributed by atoms with Gasteiger partial charge in [-0.3, -0.25) is 29.6 Å². The highest BCUT2D eigenvalue weighted by Gasteiger charge is 2.31. The molecule has 6 N–H and O–H groups in total. The van der Waals surface area contributed by atoms with Crippen LogP contribution in [0.15, 0.2) is 66.8 Å². The molecule has 0 radical (unpaired) electrons. The Labute approximate surface area is 301 Å². The number of rotatable bonds is 12. The Morgan fingerprint density at radius 3 is 2.49 bits per heavy atom. The molecule has 14 nitrogen and oxygen atoms in total. The second kappa shape index (κ2) is 17.0. The number of nitrogens with zero attached hydrogens (tertiary/aromatic N) is 4. The quantitative estimate of drug-likeness (QED) is 0.107. The predicted molar refractivity (Wildman–Crippen MR) is 198 cm³/mol. The number of likely N-dealkylation sites (tertiary alicyclic amines) is 1. The van der Waals surface area contributed by atoms with E-state index in [9.17, 15) is 9.00 Å². The van der Waals surface area contributed by atoms with Gasteiger partial charge in [-0.15, -0.1) is 0 Å². The van der Waals surface area contributed by atoms with E-state index in [0.29, 0.717) is 42.5 Å². The number of amides is 2. The van der Waals surface area contributed by atoms with Crippen LogP contribution in [-0.4, -0.2) is 66.1 Å². The Morgan fingerprint density at radius 1 is 1.06 bits per heavy atom. The number of carbonyl (C=O) groups is 1. The average Bonchev–Trinajstić information content (AvgIpc) is 3.53. The van der Waals surface area contributed by atoms with E-state index in [1.807, 2.05) is 38.1 Å². The van der Waals surface area contributed by atoms with E-state index in [2.05, 4.69) is 39.8 Å². The third kappa shape index (κ3) is 9.73. The summed E-state index contributed by atoms with van der Waals surface area (Å²) in [6.45, 7) is 8.71. The maximum Gasteiger partial charge on any atom is 0.320 e. The number of urea groups is 1. The fraction of sp³-hybridized carbons (Fsp3) is 0.472. The average molecular weight is 719 g/mol. The molecule has 0 saturated carbocycles. The van der Waals surface area contributed by atoms with Gasteiger partial charge in [0.2, 0.25) is 5.96 Å². The first-order valence-corrected chi connectivity index (χ1v) is 18.9. The minimum atomic E-state index is -1.36. The molecule has 1 aromatic carbocycles. The molecule has 5 atom stereocenters. The highest BCUT2D eigenvalue weighted by molar-refractivity contribution is 7.79. The van der Waals surface area contributed by atoms with Crippen LogP contribution in [0.2, 0.25) is 0 Å². The molecule has 1 fully saturated rings. The first-order chi connectivity index (χ1) is 24.4. The topological polar surface area (TPSA) is 186 Å². The number of carbonyl (C=O) groups excluding carboxylic acids is 1. The summed E-state index contributed by atoms with van der Waals surface area (Å²) in [7, 11) is 0. The van der Waals surface area contributed by atoms with E-state index in [1.165, 1.54) is 6.26 Å². The van der Waals surface area contributed by atoms with Crippen molar-refractivity contribution in [1.82, 2.24) is 29.9 Å². The molecule has 3 aromatic rings. The zero-order chi connectivity index (χ0) is 36.7. The summed E-state index contributed by atoms with van der Waals surface area (Å²) in [5.41, 5.74) is 2.45. The van der Waals surface area contributed by atoms with Crippen molar-refractivity contribution >= 4 is 34.6 Å². The van der Waals surface area contributed by atoms with Gasteiger partial charge in [0, 0.05) is 42.4 Å². The molecule has 5 rings (SSSR count). The van der Waals surface area contributed by atoms with Crippen LogP contribution in [0.3, 0.4) is 0 Å². The molecule has 3 heterocycles. The van der Waals surface area contributed by atoms with Gasteiger partial charge >= 0.3 is 6.03 Å². The normalized spacial score (nSPS) is 21.1. The van der Waals surface area contributed by atoms with Crippen molar-refractivity contribution in [3.8, 4) is 5.75 Å². The number of hydrogen-bond donors (Lipinski definition) is 6. The van der Waals surface area contributed by atoms with Crippen molar-refractivity contribution in [2.24, 2.45) is 5.92 Å². The van der Waals surface area contributed by atoms with Crippen molar-refractivity contribution < 1.29 is 17.9 Å². The van der Waals surface area contributed by atoms with Crippen LogP contribution >= 0.6 is 0 Å². The lowest BCUT2D eigenvalue weighted by atomic mass is 9.85. The maximum atomic E-state index is 13.4. The van der Waals surface area contributed by atoms with Gasteiger partial charge in [-0.2, -0.15) is 5.10 Å². The van der Waals surface area contributed by atoms with Crippen LogP contribution in [0.25, 0.3) is 0 Å². The molecule has 2 amide bonds. The number of hydrogen-bond acceptors (Lipinski definition) is 9. The Hall–Kier alpha value is -4.76. The Kier molecular flexibility index (Phi) is 12.5.